The molecule has 1 aliphatic carbocycles. The van der Waals surface area contributed by atoms with Crippen molar-refractivity contribution >= 4 is 6.03 Å². The number of rotatable bonds is 0. The quantitative estimate of drug-likeness (QED) is 0.637. The zero-order valence-electron chi connectivity index (χ0n) is 8.71. The minimum Gasteiger partial charge on any atom is -0.354 e. The predicted molar refractivity (Wildman–Crippen MR) is 52.9 cm³/mol. The van der Waals surface area contributed by atoms with E-state index in [1.807, 2.05) is 4.90 Å². The number of nitrogens with one attached hydrogen (secondary N) is 1. The highest BCUT2D eigenvalue weighted by Crippen LogP contribution is 2.37. The summed E-state index contributed by atoms with van der Waals surface area (Å²) in [7, 11) is 1.68. The summed E-state index contributed by atoms with van der Waals surface area (Å²) < 4.78 is 5.78. The van der Waals surface area contributed by atoms with E-state index in [1.54, 1.807) is 7.05 Å². The van der Waals surface area contributed by atoms with Gasteiger partial charge in [-0.15, -0.1) is 0 Å². The minimum atomic E-state index is -0.266. The molecule has 1 N–H and O–H groups in total. The fraction of sp³-hybridized carbons (Fsp3) is 0.900. The standard InChI is InChI=1S/C10H18N2O2/c1-11-9(13)12-7-8-14-10(12)5-3-2-4-6-10/h2-8H2,1H3,(H,11,13). The van der Waals surface area contributed by atoms with Crippen molar-refractivity contribution in [2.45, 2.75) is 37.8 Å². The van der Waals surface area contributed by atoms with Crippen LogP contribution in [0, 0.1) is 0 Å². The summed E-state index contributed by atoms with van der Waals surface area (Å²) in [4.78, 5) is 13.5. The van der Waals surface area contributed by atoms with Gasteiger partial charge in [0.25, 0.3) is 0 Å². The highest BCUT2D eigenvalue weighted by Gasteiger charge is 2.45. The number of carbonyl (C=O) groups excluding carboxylic acids is 1. The molecule has 0 unspecified atom stereocenters. The van der Waals surface area contributed by atoms with Crippen molar-refractivity contribution < 1.29 is 9.53 Å². The second-order valence-electron chi connectivity index (χ2n) is 4.06. The number of hydrogen-bond acceptors (Lipinski definition) is 2. The summed E-state index contributed by atoms with van der Waals surface area (Å²) in [6, 6.07) is 0.00407. The molecule has 0 radical (unpaired) electrons. The van der Waals surface area contributed by atoms with Crippen molar-refractivity contribution in [3.8, 4) is 0 Å². The van der Waals surface area contributed by atoms with Crippen LogP contribution in [0.5, 0.6) is 0 Å². The van der Waals surface area contributed by atoms with E-state index in [4.69, 9.17) is 4.74 Å². The summed E-state index contributed by atoms with van der Waals surface area (Å²) in [5, 5.41) is 2.69. The average molecular weight is 198 g/mol. The predicted octanol–water partition coefficient (Wildman–Crippen LogP) is 1.32. The fourth-order valence-corrected chi connectivity index (χ4v) is 2.55. The van der Waals surface area contributed by atoms with Crippen molar-refractivity contribution in [1.82, 2.24) is 10.2 Å². The van der Waals surface area contributed by atoms with Gasteiger partial charge in [0.05, 0.1) is 6.61 Å². The zero-order valence-corrected chi connectivity index (χ0v) is 8.71. The molecular weight excluding hydrogens is 180 g/mol. The maximum atomic E-state index is 11.6. The number of urea groups is 1. The third kappa shape index (κ3) is 1.47. The molecule has 14 heavy (non-hydrogen) atoms. The Kier molecular flexibility index (Phi) is 2.63. The molecule has 2 amide bonds. The number of carbonyl (C=O) groups is 1. The Bertz CT molecular complexity index is 224. The van der Waals surface area contributed by atoms with Crippen LogP contribution in [-0.2, 0) is 4.74 Å². The van der Waals surface area contributed by atoms with Crippen LogP contribution in [-0.4, -0.2) is 36.9 Å². The van der Waals surface area contributed by atoms with Gasteiger partial charge in [-0.25, -0.2) is 4.79 Å². The molecule has 1 heterocycles. The Hall–Kier alpha value is -0.770. The molecule has 4 nitrogen and oxygen atoms in total. The van der Waals surface area contributed by atoms with E-state index >= 15 is 0 Å². The Labute approximate surface area is 84.6 Å². The lowest BCUT2D eigenvalue weighted by Gasteiger charge is -2.39. The largest absolute Gasteiger partial charge is 0.354 e. The van der Waals surface area contributed by atoms with Gasteiger partial charge in [-0.3, -0.25) is 4.90 Å². The monoisotopic (exact) mass is 198 g/mol. The maximum Gasteiger partial charge on any atom is 0.319 e. The fourth-order valence-electron chi connectivity index (χ4n) is 2.55. The molecule has 0 aromatic rings. The van der Waals surface area contributed by atoms with Gasteiger partial charge in [0, 0.05) is 13.6 Å². The van der Waals surface area contributed by atoms with Crippen LogP contribution in [0.15, 0.2) is 0 Å². The summed E-state index contributed by atoms with van der Waals surface area (Å²) >= 11 is 0. The topological polar surface area (TPSA) is 41.6 Å². The summed E-state index contributed by atoms with van der Waals surface area (Å²) in [6.45, 7) is 1.42. The zero-order chi connectivity index (χ0) is 10.0. The molecule has 1 spiro atoms. The van der Waals surface area contributed by atoms with Gasteiger partial charge in [-0.05, 0) is 25.7 Å². The van der Waals surface area contributed by atoms with Crippen LogP contribution in [0.25, 0.3) is 0 Å². The molecular formula is C10H18N2O2. The van der Waals surface area contributed by atoms with Crippen molar-refractivity contribution in [3.05, 3.63) is 0 Å². The Balaban J connectivity index is 2.11. The highest BCUT2D eigenvalue weighted by atomic mass is 16.5. The number of nitrogens with zero attached hydrogens (tertiary/aromatic N) is 1. The number of amides is 2. The molecule has 80 valence electrons. The smallest absolute Gasteiger partial charge is 0.319 e. The molecule has 1 aliphatic heterocycles. The molecule has 1 saturated heterocycles. The maximum absolute atomic E-state index is 11.6. The summed E-state index contributed by atoms with van der Waals surface area (Å²) in [5.41, 5.74) is -0.266. The lowest BCUT2D eigenvalue weighted by atomic mass is 9.91. The SMILES string of the molecule is CNC(=O)N1CCOC12CCCCC2. The normalized spacial score (nSPS) is 25.4. The molecule has 2 aliphatic rings. The first-order valence-corrected chi connectivity index (χ1v) is 5.42. The lowest BCUT2D eigenvalue weighted by Crippen LogP contribution is -2.52. The van der Waals surface area contributed by atoms with Crippen LogP contribution in [0.4, 0.5) is 4.79 Å². The lowest BCUT2D eigenvalue weighted by molar-refractivity contribution is -0.0882. The van der Waals surface area contributed by atoms with Crippen LogP contribution >= 0.6 is 0 Å². The van der Waals surface area contributed by atoms with Crippen LogP contribution < -0.4 is 5.32 Å². The molecule has 0 aromatic carbocycles. The highest BCUT2D eigenvalue weighted by molar-refractivity contribution is 5.74. The van der Waals surface area contributed by atoms with Crippen molar-refractivity contribution in [1.29, 1.82) is 0 Å². The molecule has 2 fully saturated rings. The second-order valence-corrected chi connectivity index (χ2v) is 4.06. The van der Waals surface area contributed by atoms with E-state index in [-0.39, 0.29) is 11.8 Å². The van der Waals surface area contributed by atoms with Crippen molar-refractivity contribution in [2.75, 3.05) is 20.2 Å². The third-order valence-electron chi connectivity index (χ3n) is 3.27. The first-order valence-electron chi connectivity index (χ1n) is 5.42. The van der Waals surface area contributed by atoms with Gasteiger partial charge in [-0.1, -0.05) is 6.42 Å². The van der Waals surface area contributed by atoms with Gasteiger partial charge < -0.3 is 10.1 Å². The number of ether oxygens (including phenoxy) is 1. The van der Waals surface area contributed by atoms with Crippen molar-refractivity contribution in [2.24, 2.45) is 0 Å². The van der Waals surface area contributed by atoms with Gasteiger partial charge in [0.15, 0.2) is 0 Å². The molecule has 2 rings (SSSR count). The van der Waals surface area contributed by atoms with Gasteiger partial charge in [-0.2, -0.15) is 0 Å². The average Bonchev–Trinajstić information content (AvgIpc) is 2.62. The summed E-state index contributed by atoms with van der Waals surface area (Å²) in [6.07, 6.45) is 5.62. The Morgan fingerprint density at radius 1 is 1.36 bits per heavy atom. The van der Waals surface area contributed by atoms with Gasteiger partial charge in [0.1, 0.15) is 5.72 Å². The molecule has 0 bridgehead atoms. The van der Waals surface area contributed by atoms with E-state index < -0.39 is 0 Å². The third-order valence-corrected chi connectivity index (χ3v) is 3.27. The van der Waals surface area contributed by atoms with E-state index in [1.165, 1.54) is 19.3 Å². The summed E-state index contributed by atoms with van der Waals surface area (Å²) in [5.74, 6) is 0. The van der Waals surface area contributed by atoms with Crippen molar-refractivity contribution in [3.63, 3.8) is 0 Å². The van der Waals surface area contributed by atoms with Gasteiger partial charge >= 0.3 is 6.03 Å². The molecule has 1 saturated carbocycles. The van der Waals surface area contributed by atoms with E-state index in [0.717, 1.165) is 19.4 Å². The molecule has 0 atom stereocenters. The minimum absolute atomic E-state index is 0.00407. The molecule has 4 heteroatoms. The van der Waals surface area contributed by atoms with Gasteiger partial charge in [0.2, 0.25) is 0 Å². The van der Waals surface area contributed by atoms with Crippen LogP contribution in [0.1, 0.15) is 32.1 Å². The first kappa shape index (κ1) is 9.77. The first-order chi connectivity index (χ1) is 6.78. The van der Waals surface area contributed by atoms with Crippen LogP contribution in [0.2, 0.25) is 0 Å². The van der Waals surface area contributed by atoms with Crippen LogP contribution in [0.3, 0.4) is 0 Å². The molecule has 0 aromatic heterocycles. The second kappa shape index (κ2) is 3.77. The van der Waals surface area contributed by atoms with E-state index in [2.05, 4.69) is 5.32 Å². The van der Waals surface area contributed by atoms with E-state index in [0.29, 0.717) is 6.61 Å². The van der Waals surface area contributed by atoms with E-state index in [9.17, 15) is 4.79 Å². The Morgan fingerprint density at radius 2 is 2.07 bits per heavy atom. The number of hydrogen-bond donors (Lipinski definition) is 1. The Morgan fingerprint density at radius 3 is 2.71 bits per heavy atom.